The summed E-state index contributed by atoms with van der Waals surface area (Å²) in [5, 5.41) is 3.30. The van der Waals surface area contributed by atoms with E-state index in [2.05, 4.69) is 51.8 Å². The average Bonchev–Trinajstić information content (AvgIpc) is 3.09. The Hall–Kier alpha value is -2.38. The highest BCUT2D eigenvalue weighted by Gasteiger charge is 2.34. The van der Waals surface area contributed by atoms with Gasteiger partial charge >= 0.3 is 5.69 Å². The molecular formula is C26H43N5O3. The number of amides is 1. The molecule has 0 aromatic carbocycles. The van der Waals surface area contributed by atoms with Gasteiger partial charge in [0.1, 0.15) is 5.82 Å². The second-order valence-electron chi connectivity index (χ2n) is 11.4. The van der Waals surface area contributed by atoms with Crippen molar-refractivity contribution in [1.29, 1.82) is 0 Å². The Morgan fingerprint density at radius 3 is 2.53 bits per heavy atom. The molecule has 2 atom stereocenters. The van der Waals surface area contributed by atoms with Crippen molar-refractivity contribution in [2.45, 2.75) is 112 Å². The van der Waals surface area contributed by atoms with Gasteiger partial charge in [0.2, 0.25) is 5.91 Å². The van der Waals surface area contributed by atoms with Crippen LogP contribution in [0.4, 0.5) is 0 Å². The minimum atomic E-state index is -0.421. The topological polar surface area (TPSA) is 102 Å². The summed E-state index contributed by atoms with van der Waals surface area (Å²) >= 11 is 0. The van der Waals surface area contributed by atoms with Crippen LogP contribution in [0.1, 0.15) is 92.3 Å². The number of aryl methyl sites for hydroxylation is 2. The Bertz CT molecular complexity index is 1100. The molecule has 1 saturated carbocycles. The van der Waals surface area contributed by atoms with E-state index < -0.39 is 11.2 Å². The molecule has 1 amide bonds. The second-order valence-corrected chi connectivity index (χ2v) is 11.4. The lowest BCUT2D eigenvalue weighted by molar-refractivity contribution is -0.122. The first-order valence-corrected chi connectivity index (χ1v) is 13.0. The Morgan fingerprint density at radius 2 is 1.88 bits per heavy atom. The molecule has 2 unspecified atom stereocenters. The number of H-pyrrole nitrogens is 1. The number of fused-ring (bicyclic) bond motifs is 1. The normalized spacial score (nSPS) is 19.1. The molecule has 1 aliphatic carbocycles. The molecule has 0 aliphatic heterocycles. The van der Waals surface area contributed by atoms with Crippen molar-refractivity contribution < 1.29 is 4.79 Å². The second kappa shape index (κ2) is 10.9. The predicted octanol–water partition coefficient (Wildman–Crippen LogP) is 4.00. The van der Waals surface area contributed by atoms with Crippen LogP contribution in [0.3, 0.4) is 0 Å². The van der Waals surface area contributed by atoms with E-state index in [1.165, 1.54) is 6.42 Å². The van der Waals surface area contributed by atoms with Crippen LogP contribution in [-0.2, 0) is 24.3 Å². The van der Waals surface area contributed by atoms with Gasteiger partial charge in [-0.05, 0) is 36.5 Å². The number of hydrogen-bond donors (Lipinski definition) is 2. The van der Waals surface area contributed by atoms with Crippen molar-refractivity contribution in [1.82, 2.24) is 24.4 Å². The lowest BCUT2D eigenvalue weighted by Crippen LogP contribution is -2.46. The van der Waals surface area contributed by atoms with Crippen LogP contribution in [0.5, 0.6) is 0 Å². The van der Waals surface area contributed by atoms with Gasteiger partial charge in [0, 0.05) is 32.0 Å². The van der Waals surface area contributed by atoms with Crippen molar-refractivity contribution in [3.8, 4) is 0 Å². The molecule has 0 radical (unpaired) electrons. The van der Waals surface area contributed by atoms with E-state index in [1.807, 2.05) is 4.57 Å². The van der Waals surface area contributed by atoms with Crippen molar-refractivity contribution >= 4 is 17.1 Å². The maximum atomic E-state index is 13.0. The number of aromatic amines is 1. The Kier molecular flexibility index (Phi) is 8.42. The van der Waals surface area contributed by atoms with E-state index in [0.717, 1.165) is 32.1 Å². The van der Waals surface area contributed by atoms with Gasteiger partial charge in [-0.15, -0.1) is 0 Å². The first-order chi connectivity index (χ1) is 16.0. The summed E-state index contributed by atoms with van der Waals surface area (Å²) in [6.07, 6.45) is 7.06. The monoisotopic (exact) mass is 473 g/mol. The van der Waals surface area contributed by atoms with Gasteiger partial charge in [-0.2, -0.15) is 0 Å². The zero-order chi connectivity index (χ0) is 25.0. The molecule has 0 bridgehead atoms. The van der Waals surface area contributed by atoms with Crippen LogP contribution in [0.15, 0.2) is 9.59 Å². The van der Waals surface area contributed by atoms with Gasteiger partial charge < -0.3 is 9.88 Å². The molecule has 34 heavy (non-hydrogen) atoms. The van der Waals surface area contributed by atoms with Gasteiger partial charge in [-0.25, -0.2) is 9.78 Å². The Balaban J connectivity index is 1.86. The number of nitrogens with one attached hydrogen (secondary N) is 2. The third-order valence-electron chi connectivity index (χ3n) is 7.05. The number of carbonyl (C=O) groups is 1. The molecule has 8 heteroatoms. The van der Waals surface area contributed by atoms with Crippen molar-refractivity contribution in [2.24, 2.45) is 17.3 Å². The number of rotatable bonds is 9. The van der Waals surface area contributed by atoms with Gasteiger partial charge in [0.15, 0.2) is 11.2 Å². The largest absolute Gasteiger partial charge is 0.353 e. The van der Waals surface area contributed by atoms with Crippen molar-refractivity contribution in [2.75, 3.05) is 0 Å². The van der Waals surface area contributed by atoms with Gasteiger partial charge in [0.05, 0.1) is 0 Å². The minimum absolute atomic E-state index is 0.0292. The van der Waals surface area contributed by atoms with E-state index in [1.54, 1.807) is 4.57 Å². The summed E-state index contributed by atoms with van der Waals surface area (Å²) in [5.41, 5.74) is 0.187. The van der Waals surface area contributed by atoms with Gasteiger partial charge in [-0.3, -0.25) is 19.1 Å². The van der Waals surface area contributed by atoms with Crippen LogP contribution >= 0.6 is 0 Å². The van der Waals surface area contributed by atoms with Crippen molar-refractivity contribution in [3.05, 3.63) is 26.7 Å². The standard InChI is InChI=1S/C26H43N5O3/c1-7-8-15-30-23-22(24(33)29-25(30)34)31(16-17(2)3)20(28-23)13-14-21(32)27-19-12-10-9-11-18(19)26(4,5)6/h17-19H,7-16H2,1-6H3,(H,27,32)(H,29,33,34). The van der Waals surface area contributed by atoms with Gasteiger partial charge in [-0.1, -0.05) is 60.8 Å². The summed E-state index contributed by atoms with van der Waals surface area (Å²) in [4.78, 5) is 45.4. The van der Waals surface area contributed by atoms with Crippen LogP contribution < -0.4 is 16.6 Å². The first kappa shape index (κ1) is 26.2. The average molecular weight is 474 g/mol. The molecule has 0 saturated heterocycles. The molecule has 3 rings (SSSR count). The number of nitrogens with zero attached hydrogens (tertiary/aromatic N) is 3. The van der Waals surface area contributed by atoms with Crippen LogP contribution in [0, 0.1) is 17.3 Å². The highest BCUT2D eigenvalue weighted by Crippen LogP contribution is 2.38. The molecule has 1 fully saturated rings. The molecule has 2 aromatic rings. The number of imidazole rings is 1. The summed E-state index contributed by atoms with van der Waals surface area (Å²) < 4.78 is 3.48. The number of aromatic nitrogens is 4. The molecule has 2 aromatic heterocycles. The maximum absolute atomic E-state index is 13.0. The number of unbranched alkanes of at least 4 members (excludes halogenated alkanes) is 1. The van der Waals surface area contributed by atoms with Crippen LogP contribution in [0.2, 0.25) is 0 Å². The zero-order valence-electron chi connectivity index (χ0n) is 21.9. The summed E-state index contributed by atoms with van der Waals surface area (Å²) in [7, 11) is 0. The number of carbonyl (C=O) groups excluding carboxylic acids is 1. The Labute approximate surface area is 202 Å². The minimum Gasteiger partial charge on any atom is -0.353 e. The third-order valence-corrected chi connectivity index (χ3v) is 7.05. The smallest absolute Gasteiger partial charge is 0.330 e. The molecule has 0 spiro atoms. The lowest BCUT2D eigenvalue weighted by atomic mass is 9.69. The molecule has 2 N–H and O–H groups in total. The Morgan fingerprint density at radius 1 is 1.18 bits per heavy atom. The molecule has 190 valence electrons. The highest BCUT2D eigenvalue weighted by molar-refractivity contribution is 5.77. The van der Waals surface area contributed by atoms with E-state index in [4.69, 9.17) is 4.98 Å². The van der Waals surface area contributed by atoms with E-state index >= 15 is 0 Å². The van der Waals surface area contributed by atoms with E-state index in [9.17, 15) is 14.4 Å². The van der Waals surface area contributed by atoms with Gasteiger partial charge in [0.25, 0.3) is 5.56 Å². The third kappa shape index (κ3) is 5.99. The zero-order valence-corrected chi connectivity index (χ0v) is 21.9. The van der Waals surface area contributed by atoms with Crippen molar-refractivity contribution in [3.63, 3.8) is 0 Å². The maximum Gasteiger partial charge on any atom is 0.330 e. The molecule has 1 aliphatic rings. The van der Waals surface area contributed by atoms with E-state index in [-0.39, 0.29) is 23.3 Å². The first-order valence-electron chi connectivity index (χ1n) is 13.0. The highest BCUT2D eigenvalue weighted by atomic mass is 16.2. The summed E-state index contributed by atoms with van der Waals surface area (Å²) in [6.45, 7) is 14.1. The summed E-state index contributed by atoms with van der Waals surface area (Å²) in [5.74, 6) is 1.48. The molecule has 2 heterocycles. The molecule has 8 nitrogen and oxygen atoms in total. The number of hydrogen-bond acceptors (Lipinski definition) is 4. The quantitative estimate of drug-likeness (QED) is 0.575. The molecular weight excluding hydrogens is 430 g/mol. The fourth-order valence-electron chi connectivity index (χ4n) is 5.34. The van der Waals surface area contributed by atoms with Crippen LogP contribution in [0.25, 0.3) is 11.2 Å². The fraction of sp³-hybridized carbons (Fsp3) is 0.769. The van der Waals surface area contributed by atoms with Crippen LogP contribution in [-0.4, -0.2) is 31.1 Å². The fourth-order valence-corrected chi connectivity index (χ4v) is 5.34. The summed E-state index contributed by atoms with van der Waals surface area (Å²) in [6, 6.07) is 0.206. The predicted molar refractivity (Wildman–Crippen MR) is 136 cm³/mol. The SMILES string of the molecule is CCCCn1c(=O)[nH]c(=O)c2c1nc(CCC(=O)NC1CCCCC1C(C)(C)C)n2CC(C)C. The van der Waals surface area contributed by atoms with E-state index in [0.29, 0.717) is 48.8 Å². The lowest BCUT2D eigenvalue weighted by Gasteiger charge is -2.40.